The van der Waals surface area contributed by atoms with Crippen molar-refractivity contribution in [1.82, 2.24) is 9.80 Å². The predicted molar refractivity (Wildman–Crippen MR) is 81.0 cm³/mol. The van der Waals surface area contributed by atoms with Crippen molar-refractivity contribution in [3.63, 3.8) is 0 Å². The summed E-state index contributed by atoms with van der Waals surface area (Å²) in [6, 6.07) is 1.97. The second-order valence-corrected chi connectivity index (χ2v) is 6.47. The van der Waals surface area contributed by atoms with E-state index in [1.165, 1.54) is 4.88 Å². The highest BCUT2D eigenvalue weighted by atomic mass is 32.1. The molecule has 0 spiro atoms. The van der Waals surface area contributed by atoms with Crippen LogP contribution in [-0.2, 0) is 17.8 Å². The minimum Gasteiger partial charge on any atom is -0.341 e. The third-order valence-electron chi connectivity index (χ3n) is 3.72. The lowest BCUT2D eigenvalue weighted by molar-refractivity contribution is -0.129. The van der Waals surface area contributed by atoms with E-state index in [0.717, 1.165) is 42.8 Å². The van der Waals surface area contributed by atoms with Crippen molar-refractivity contribution >= 4 is 23.2 Å². The SMILES string of the molecule is CCCCN(C)C(=O)c1cc2c(s1)CCN(C(C)=O)C2. The van der Waals surface area contributed by atoms with Gasteiger partial charge in [-0.15, -0.1) is 11.3 Å². The highest BCUT2D eigenvalue weighted by Gasteiger charge is 2.23. The number of hydrogen-bond acceptors (Lipinski definition) is 3. The predicted octanol–water partition coefficient (Wildman–Crippen LogP) is 2.52. The summed E-state index contributed by atoms with van der Waals surface area (Å²) in [4.78, 5) is 29.5. The molecule has 0 aliphatic carbocycles. The number of carbonyl (C=O) groups excluding carboxylic acids is 2. The molecule has 1 aliphatic heterocycles. The van der Waals surface area contributed by atoms with Gasteiger partial charge < -0.3 is 9.80 Å². The second-order valence-electron chi connectivity index (χ2n) is 5.33. The summed E-state index contributed by atoms with van der Waals surface area (Å²) in [5.74, 6) is 0.210. The zero-order valence-electron chi connectivity index (χ0n) is 12.4. The lowest BCUT2D eigenvalue weighted by Gasteiger charge is -2.25. The van der Waals surface area contributed by atoms with Gasteiger partial charge in [-0.25, -0.2) is 0 Å². The van der Waals surface area contributed by atoms with Crippen molar-refractivity contribution < 1.29 is 9.59 Å². The Morgan fingerprint density at radius 1 is 1.45 bits per heavy atom. The average molecular weight is 294 g/mol. The average Bonchev–Trinajstić information content (AvgIpc) is 2.86. The minimum absolute atomic E-state index is 0.104. The topological polar surface area (TPSA) is 40.6 Å². The Labute approximate surface area is 124 Å². The lowest BCUT2D eigenvalue weighted by Crippen LogP contribution is -2.33. The molecule has 0 saturated carbocycles. The van der Waals surface area contributed by atoms with Gasteiger partial charge >= 0.3 is 0 Å². The summed E-state index contributed by atoms with van der Waals surface area (Å²) < 4.78 is 0. The van der Waals surface area contributed by atoms with Gasteiger partial charge in [0.25, 0.3) is 5.91 Å². The number of amides is 2. The zero-order valence-corrected chi connectivity index (χ0v) is 13.3. The number of fused-ring (bicyclic) bond motifs is 1. The first-order valence-corrected chi connectivity index (χ1v) is 7.97. The van der Waals surface area contributed by atoms with Crippen LogP contribution in [0.2, 0.25) is 0 Å². The van der Waals surface area contributed by atoms with Crippen LogP contribution in [-0.4, -0.2) is 41.8 Å². The van der Waals surface area contributed by atoms with Crippen molar-refractivity contribution in [2.24, 2.45) is 0 Å². The zero-order chi connectivity index (χ0) is 14.7. The first kappa shape index (κ1) is 15.0. The molecule has 0 aromatic carbocycles. The summed E-state index contributed by atoms with van der Waals surface area (Å²) in [6.07, 6.45) is 2.99. The van der Waals surface area contributed by atoms with Gasteiger partial charge in [-0.2, -0.15) is 0 Å². The van der Waals surface area contributed by atoms with E-state index in [0.29, 0.717) is 6.54 Å². The molecule has 1 aromatic heterocycles. The third-order valence-corrected chi connectivity index (χ3v) is 4.94. The van der Waals surface area contributed by atoms with Crippen molar-refractivity contribution in [3.8, 4) is 0 Å². The molecule has 0 bridgehead atoms. The van der Waals surface area contributed by atoms with Crippen molar-refractivity contribution in [2.45, 2.75) is 39.7 Å². The van der Waals surface area contributed by atoms with E-state index in [1.807, 2.05) is 18.0 Å². The highest BCUT2D eigenvalue weighted by molar-refractivity contribution is 7.14. The first-order chi connectivity index (χ1) is 9.52. The normalized spacial score (nSPS) is 14.1. The monoisotopic (exact) mass is 294 g/mol. The van der Waals surface area contributed by atoms with Crippen molar-refractivity contribution in [3.05, 3.63) is 21.4 Å². The summed E-state index contributed by atoms with van der Waals surface area (Å²) in [6.45, 7) is 5.94. The lowest BCUT2D eigenvalue weighted by atomic mass is 10.1. The van der Waals surface area contributed by atoms with Crippen LogP contribution < -0.4 is 0 Å². The molecule has 0 fully saturated rings. The van der Waals surface area contributed by atoms with Gasteiger partial charge in [-0.3, -0.25) is 9.59 Å². The van der Waals surface area contributed by atoms with Crippen molar-refractivity contribution in [2.75, 3.05) is 20.1 Å². The molecule has 1 aliphatic rings. The van der Waals surface area contributed by atoms with Gasteiger partial charge in [0.1, 0.15) is 0 Å². The van der Waals surface area contributed by atoms with E-state index < -0.39 is 0 Å². The number of hydrogen-bond donors (Lipinski definition) is 0. The molecule has 1 aromatic rings. The quantitative estimate of drug-likeness (QED) is 0.856. The highest BCUT2D eigenvalue weighted by Crippen LogP contribution is 2.29. The van der Waals surface area contributed by atoms with Gasteiger partial charge in [0, 0.05) is 38.5 Å². The standard InChI is InChI=1S/C15H22N2O2S/c1-4-5-7-16(3)15(19)14-9-12-10-17(11(2)18)8-6-13(12)20-14/h9H,4-8,10H2,1-3H3. The van der Waals surface area contributed by atoms with Gasteiger partial charge in [0.15, 0.2) is 0 Å². The maximum atomic E-state index is 12.3. The maximum Gasteiger partial charge on any atom is 0.263 e. The second kappa shape index (κ2) is 6.39. The fourth-order valence-corrected chi connectivity index (χ4v) is 3.55. The molecule has 2 amide bonds. The number of unbranched alkanes of at least 4 members (excludes halogenated alkanes) is 1. The number of thiophene rings is 1. The number of carbonyl (C=O) groups is 2. The molecule has 4 nitrogen and oxygen atoms in total. The van der Waals surface area contributed by atoms with E-state index >= 15 is 0 Å². The molecule has 2 rings (SSSR count). The van der Waals surface area contributed by atoms with Crippen LogP contribution in [0.4, 0.5) is 0 Å². The Morgan fingerprint density at radius 2 is 2.20 bits per heavy atom. The van der Waals surface area contributed by atoms with Crippen LogP contribution >= 0.6 is 11.3 Å². The molecule has 0 N–H and O–H groups in total. The Balaban J connectivity index is 2.09. The molecule has 0 unspecified atom stereocenters. The largest absolute Gasteiger partial charge is 0.341 e. The van der Waals surface area contributed by atoms with E-state index in [1.54, 1.807) is 23.2 Å². The van der Waals surface area contributed by atoms with Crippen LogP contribution in [0.25, 0.3) is 0 Å². The van der Waals surface area contributed by atoms with Gasteiger partial charge in [0.2, 0.25) is 5.91 Å². The van der Waals surface area contributed by atoms with Gasteiger partial charge in [-0.05, 0) is 24.5 Å². The number of nitrogens with zero attached hydrogens (tertiary/aromatic N) is 2. The Kier molecular flexibility index (Phi) is 4.81. The molecule has 2 heterocycles. The third kappa shape index (κ3) is 3.20. The molecule has 5 heteroatoms. The van der Waals surface area contributed by atoms with Gasteiger partial charge in [-0.1, -0.05) is 13.3 Å². The summed E-state index contributed by atoms with van der Waals surface area (Å²) in [5.41, 5.74) is 1.14. The summed E-state index contributed by atoms with van der Waals surface area (Å²) in [5, 5.41) is 0. The van der Waals surface area contributed by atoms with Crippen LogP contribution in [0.15, 0.2) is 6.07 Å². The van der Waals surface area contributed by atoms with Crippen LogP contribution in [0, 0.1) is 0 Å². The minimum atomic E-state index is 0.104. The van der Waals surface area contributed by atoms with E-state index in [9.17, 15) is 9.59 Å². The first-order valence-electron chi connectivity index (χ1n) is 7.15. The summed E-state index contributed by atoms with van der Waals surface area (Å²) >= 11 is 1.59. The van der Waals surface area contributed by atoms with E-state index in [-0.39, 0.29) is 11.8 Å². The molecule has 0 radical (unpaired) electrons. The van der Waals surface area contributed by atoms with Gasteiger partial charge in [0.05, 0.1) is 4.88 Å². The van der Waals surface area contributed by atoms with E-state index in [4.69, 9.17) is 0 Å². The fraction of sp³-hybridized carbons (Fsp3) is 0.600. The maximum absolute atomic E-state index is 12.3. The van der Waals surface area contributed by atoms with Crippen molar-refractivity contribution in [1.29, 1.82) is 0 Å². The molecule has 110 valence electrons. The molecular formula is C15H22N2O2S. The van der Waals surface area contributed by atoms with Crippen LogP contribution in [0.1, 0.15) is 46.8 Å². The number of rotatable bonds is 4. The Bertz CT molecular complexity index is 510. The van der Waals surface area contributed by atoms with Crippen LogP contribution in [0.3, 0.4) is 0 Å². The molecule has 0 saturated heterocycles. The summed E-state index contributed by atoms with van der Waals surface area (Å²) in [7, 11) is 1.86. The smallest absolute Gasteiger partial charge is 0.263 e. The molecule has 20 heavy (non-hydrogen) atoms. The van der Waals surface area contributed by atoms with E-state index in [2.05, 4.69) is 6.92 Å². The van der Waals surface area contributed by atoms with Crippen LogP contribution in [0.5, 0.6) is 0 Å². The molecular weight excluding hydrogens is 272 g/mol. The Morgan fingerprint density at radius 3 is 2.85 bits per heavy atom. The fourth-order valence-electron chi connectivity index (χ4n) is 2.39. The molecule has 0 atom stereocenters. The Hall–Kier alpha value is -1.36.